The molecule has 0 spiro atoms. The maximum atomic E-state index is 12.9. The summed E-state index contributed by atoms with van der Waals surface area (Å²) < 4.78 is 29.1. The van der Waals surface area contributed by atoms with Crippen molar-refractivity contribution in [1.29, 1.82) is 0 Å². The van der Waals surface area contributed by atoms with E-state index in [1.54, 1.807) is 28.9 Å². The molecule has 4 rings (SSSR count). The van der Waals surface area contributed by atoms with Crippen LogP contribution in [0.1, 0.15) is 22.3 Å². The number of carbonyl (C=O) groups is 1. The summed E-state index contributed by atoms with van der Waals surface area (Å²) in [7, 11) is -1.67. The average molecular weight is 448 g/mol. The van der Waals surface area contributed by atoms with Gasteiger partial charge < -0.3 is 10.2 Å². The molecule has 0 saturated carbocycles. The summed E-state index contributed by atoms with van der Waals surface area (Å²) in [5.74, 6) is -0.220. The molecule has 1 aliphatic rings. The number of sulfonamides is 1. The zero-order valence-corrected chi connectivity index (χ0v) is 18.9. The molecule has 3 aromatic rings. The number of nitrogens with one attached hydrogen (secondary N) is 1. The molecule has 160 valence electrons. The van der Waals surface area contributed by atoms with Gasteiger partial charge >= 0.3 is 0 Å². The summed E-state index contributed by atoms with van der Waals surface area (Å²) in [6.45, 7) is 7.40. The summed E-state index contributed by atoms with van der Waals surface area (Å²) in [5, 5.41) is 8.16. The smallest absolute Gasteiger partial charge is 0.265 e. The molecule has 0 aliphatic carbocycles. The maximum Gasteiger partial charge on any atom is 0.265 e. The van der Waals surface area contributed by atoms with Crippen LogP contribution in [0.3, 0.4) is 0 Å². The van der Waals surface area contributed by atoms with E-state index in [1.807, 2.05) is 20.0 Å². The fourth-order valence-electron chi connectivity index (χ4n) is 3.66. The molecule has 8 nitrogen and oxygen atoms in total. The van der Waals surface area contributed by atoms with Gasteiger partial charge in [-0.1, -0.05) is 6.92 Å². The van der Waals surface area contributed by atoms with Gasteiger partial charge in [-0.3, -0.25) is 9.48 Å². The molecule has 10 heteroatoms. The Kier molecular flexibility index (Phi) is 5.67. The number of aromatic nitrogens is 2. The summed E-state index contributed by atoms with van der Waals surface area (Å²) in [6.07, 6.45) is 0. The van der Waals surface area contributed by atoms with Gasteiger partial charge in [0.05, 0.1) is 15.5 Å². The minimum Gasteiger partial charge on any atom is -0.321 e. The summed E-state index contributed by atoms with van der Waals surface area (Å²) >= 11 is 1.38. The molecule has 3 heterocycles. The van der Waals surface area contributed by atoms with E-state index in [4.69, 9.17) is 0 Å². The predicted molar refractivity (Wildman–Crippen MR) is 119 cm³/mol. The molecule has 0 bridgehead atoms. The molecule has 0 radical (unpaired) electrons. The van der Waals surface area contributed by atoms with E-state index in [-0.39, 0.29) is 10.8 Å². The van der Waals surface area contributed by atoms with Crippen LogP contribution < -0.4 is 5.32 Å². The number of hydrogen-bond acceptors (Lipinski definition) is 6. The lowest BCUT2D eigenvalue weighted by Crippen LogP contribution is -2.48. The number of rotatable bonds is 5. The Morgan fingerprint density at radius 2 is 1.83 bits per heavy atom. The zero-order valence-electron chi connectivity index (χ0n) is 17.3. The van der Waals surface area contributed by atoms with Gasteiger partial charge in [0.25, 0.3) is 5.91 Å². The third-order valence-corrected chi connectivity index (χ3v) is 8.56. The third-order valence-electron chi connectivity index (χ3n) is 5.45. The molecule has 1 saturated heterocycles. The highest BCUT2D eigenvalue weighted by molar-refractivity contribution is 7.89. The molecule has 1 fully saturated rings. The van der Waals surface area contributed by atoms with Crippen LogP contribution in [0.15, 0.2) is 35.2 Å². The van der Waals surface area contributed by atoms with Gasteiger partial charge in [-0.2, -0.15) is 9.40 Å². The van der Waals surface area contributed by atoms with Gasteiger partial charge in [0.15, 0.2) is 0 Å². The lowest BCUT2D eigenvalue weighted by Gasteiger charge is -2.33. The highest BCUT2D eigenvalue weighted by Gasteiger charge is 2.28. The van der Waals surface area contributed by atoms with Gasteiger partial charge in [0.2, 0.25) is 10.0 Å². The monoisotopic (exact) mass is 447 g/mol. The van der Waals surface area contributed by atoms with E-state index in [0.717, 1.165) is 35.5 Å². The van der Waals surface area contributed by atoms with Gasteiger partial charge in [0, 0.05) is 44.3 Å². The molecule has 1 aromatic carbocycles. The van der Waals surface area contributed by atoms with Crippen molar-refractivity contribution in [2.45, 2.75) is 18.7 Å². The molecular weight excluding hydrogens is 422 g/mol. The van der Waals surface area contributed by atoms with E-state index in [9.17, 15) is 13.2 Å². The normalized spacial score (nSPS) is 16.2. The average Bonchev–Trinajstić information content (AvgIpc) is 3.30. The number of nitrogens with zero attached hydrogens (tertiary/aromatic N) is 4. The zero-order chi connectivity index (χ0) is 21.5. The Labute approximate surface area is 180 Å². The molecule has 30 heavy (non-hydrogen) atoms. The van der Waals surface area contributed by atoms with Crippen LogP contribution in [0, 0.1) is 6.92 Å². The van der Waals surface area contributed by atoms with Crippen LogP contribution in [0.5, 0.6) is 0 Å². The maximum absolute atomic E-state index is 12.9. The molecule has 2 aromatic heterocycles. The second-order valence-electron chi connectivity index (χ2n) is 7.36. The van der Waals surface area contributed by atoms with Crippen molar-refractivity contribution in [3.05, 3.63) is 40.9 Å². The molecule has 1 aliphatic heterocycles. The predicted octanol–water partition coefficient (Wildman–Crippen LogP) is 2.52. The van der Waals surface area contributed by atoms with Gasteiger partial charge in [0.1, 0.15) is 4.83 Å². The Balaban J connectivity index is 1.46. The van der Waals surface area contributed by atoms with Crippen LogP contribution >= 0.6 is 11.3 Å². The third kappa shape index (κ3) is 3.87. The number of benzene rings is 1. The van der Waals surface area contributed by atoms with Crippen LogP contribution in [-0.4, -0.2) is 66.0 Å². The van der Waals surface area contributed by atoms with E-state index >= 15 is 0 Å². The second-order valence-corrected chi connectivity index (χ2v) is 10.3. The van der Waals surface area contributed by atoms with Crippen molar-refractivity contribution in [1.82, 2.24) is 19.0 Å². The highest BCUT2D eigenvalue weighted by Crippen LogP contribution is 2.28. The number of likely N-dealkylation sites (N-methyl/N-ethyl adjacent to an activating group) is 1. The largest absolute Gasteiger partial charge is 0.321 e. The quantitative estimate of drug-likeness (QED) is 0.649. The van der Waals surface area contributed by atoms with E-state index in [0.29, 0.717) is 23.7 Å². The highest BCUT2D eigenvalue weighted by atomic mass is 32.2. The standard InChI is InChI=1S/C20H25N5O3S2/c1-4-24-9-11-25(12-10-24)30(27,28)16-7-5-15(6-8-16)21-19(26)18-13-17-14(2)22-23(3)20(17)29-18/h5-8,13H,4,9-12H2,1-3H3,(H,21,26). The van der Waals surface area contributed by atoms with Crippen LogP contribution in [0.25, 0.3) is 10.2 Å². The van der Waals surface area contributed by atoms with Crippen LogP contribution in [0.4, 0.5) is 5.69 Å². The Bertz CT molecular complexity index is 1140. The fraction of sp³-hybridized carbons (Fsp3) is 0.400. The second kappa shape index (κ2) is 8.10. The van der Waals surface area contributed by atoms with Crippen LogP contribution in [0.2, 0.25) is 0 Å². The van der Waals surface area contributed by atoms with Crippen molar-refractivity contribution in [3.8, 4) is 0 Å². The number of thiophene rings is 1. The first kappa shape index (κ1) is 21.0. The Hall–Kier alpha value is -2.27. The number of carbonyl (C=O) groups excluding carboxylic acids is 1. The molecular formula is C20H25N5O3S2. The first-order chi connectivity index (χ1) is 14.3. The summed E-state index contributed by atoms with van der Waals surface area (Å²) in [6, 6.07) is 8.21. The minimum absolute atomic E-state index is 0.220. The van der Waals surface area contributed by atoms with Crippen molar-refractivity contribution < 1.29 is 13.2 Å². The number of amides is 1. The number of aryl methyl sites for hydroxylation is 2. The van der Waals surface area contributed by atoms with Crippen LogP contribution in [-0.2, 0) is 17.1 Å². The van der Waals surface area contributed by atoms with Gasteiger partial charge in [-0.15, -0.1) is 11.3 Å². The minimum atomic E-state index is -3.52. The molecule has 1 amide bonds. The van der Waals surface area contributed by atoms with E-state index < -0.39 is 10.0 Å². The molecule has 1 N–H and O–H groups in total. The van der Waals surface area contributed by atoms with Gasteiger partial charge in [-0.05, 0) is 43.8 Å². The Morgan fingerprint density at radius 3 is 2.43 bits per heavy atom. The van der Waals surface area contributed by atoms with E-state index in [1.165, 1.54) is 15.6 Å². The number of fused-ring (bicyclic) bond motifs is 1. The summed E-state index contributed by atoms with van der Waals surface area (Å²) in [5.41, 5.74) is 1.44. The molecule has 0 atom stereocenters. The van der Waals surface area contributed by atoms with E-state index in [2.05, 4.69) is 22.2 Å². The topological polar surface area (TPSA) is 87.5 Å². The fourth-order valence-corrected chi connectivity index (χ4v) is 6.10. The molecule has 0 unspecified atom stereocenters. The van der Waals surface area contributed by atoms with Crippen molar-refractivity contribution in [2.24, 2.45) is 7.05 Å². The van der Waals surface area contributed by atoms with Crippen molar-refractivity contribution >= 4 is 43.2 Å². The van der Waals surface area contributed by atoms with Gasteiger partial charge in [-0.25, -0.2) is 8.42 Å². The number of anilines is 1. The van der Waals surface area contributed by atoms with Crippen molar-refractivity contribution in [3.63, 3.8) is 0 Å². The summed E-state index contributed by atoms with van der Waals surface area (Å²) in [4.78, 5) is 16.6. The Morgan fingerprint density at radius 1 is 1.17 bits per heavy atom. The SMILES string of the molecule is CCN1CCN(S(=O)(=O)c2ccc(NC(=O)c3cc4c(C)nn(C)c4s3)cc2)CC1. The lowest BCUT2D eigenvalue weighted by atomic mass is 10.3. The number of piperazine rings is 1. The number of hydrogen-bond donors (Lipinski definition) is 1. The first-order valence-corrected chi connectivity index (χ1v) is 12.1. The van der Waals surface area contributed by atoms with Crippen molar-refractivity contribution in [2.75, 3.05) is 38.0 Å². The lowest BCUT2D eigenvalue weighted by molar-refractivity contribution is 0.103. The first-order valence-electron chi connectivity index (χ1n) is 9.86.